The number of methoxy groups -OCH3 is 1. The second-order valence-electron chi connectivity index (χ2n) is 6.58. The molecule has 154 valence electrons. The van der Waals surface area contributed by atoms with Crippen molar-refractivity contribution in [3.05, 3.63) is 52.0 Å². The third-order valence-electron chi connectivity index (χ3n) is 3.66. The molecule has 0 radical (unpaired) electrons. The van der Waals surface area contributed by atoms with Gasteiger partial charge in [-0.1, -0.05) is 17.7 Å². The van der Waals surface area contributed by atoms with Crippen LogP contribution in [0.2, 0.25) is 0 Å². The molecule has 0 spiro atoms. The first-order valence-corrected chi connectivity index (χ1v) is 9.80. The summed E-state index contributed by atoms with van der Waals surface area (Å²) in [6, 6.07) is 10.8. The molecule has 0 saturated carbocycles. The van der Waals surface area contributed by atoms with Gasteiger partial charge in [0.2, 0.25) is 11.8 Å². The number of hydrogen-bond acceptors (Lipinski definition) is 5. The summed E-state index contributed by atoms with van der Waals surface area (Å²) >= 11 is 3.45. The van der Waals surface area contributed by atoms with Gasteiger partial charge in [0.25, 0.3) is 0 Å². The lowest BCUT2D eigenvalue weighted by Gasteiger charge is -2.15. The predicted octanol–water partition coefficient (Wildman–Crippen LogP) is 4.03. The highest BCUT2D eigenvalue weighted by Crippen LogP contribution is 2.36. The second-order valence-corrected chi connectivity index (χ2v) is 7.44. The molecule has 2 amide bonds. The quantitative estimate of drug-likeness (QED) is 0.352. The lowest BCUT2D eigenvalue weighted by atomic mass is 10.2. The van der Waals surface area contributed by atoms with Crippen molar-refractivity contribution in [3.8, 4) is 11.5 Å². The number of aryl methyl sites for hydroxylation is 1. The van der Waals surface area contributed by atoms with E-state index in [2.05, 4.69) is 31.8 Å². The molecule has 0 fully saturated rings. The van der Waals surface area contributed by atoms with Crippen LogP contribution in [0.25, 0.3) is 0 Å². The van der Waals surface area contributed by atoms with Crippen LogP contribution in [0.15, 0.2) is 46.0 Å². The number of halogens is 1. The molecule has 0 heterocycles. The molecule has 0 aliphatic heterocycles. The highest BCUT2D eigenvalue weighted by molar-refractivity contribution is 9.10. The number of carbonyl (C=O) groups is 2. The Kier molecular flexibility index (Phi) is 8.21. The summed E-state index contributed by atoms with van der Waals surface area (Å²) < 4.78 is 11.8. The zero-order chi connectivity index (χ0) is 21.4. The molecule has 2 aromatic carbocycles. The van der Waals surface area contributed by atoms with E-state index in [1.54, 1.807) is 31.4 Å². The zero-order valence-corrected chi connectivity index (χ0v) is 18.4. The lowest BCUT2D eigenvalue weighted by Crippen LogP contribution is -2.24. The van der Waals surface area contributed by atoms with Crippen LogP contribution in [0.4, 0.5) is 5.69 Å². The van der Waals surface area contributed by atoms with Gasteiger partial charge in [-0.05, 0) is 66.5 Å². The molecule has 2 aromatic rings. The van der Waals surface area contributed by atoms with Gasteiger partial charge in [-0.2, -0.15) is 5.10 Å². The number of ether oxygens (including phenoxy) is 2. The van der Waals surface area contributed by atoms with Crippen LogP contribution in [0.3, 0.4) is 0 Å². The van der Waals surface area contributed by atoms with Crippen molar-refractivity contribution in [2.45, 2.75) is 33.3 Å². The number of amides is 2. The first-order valence-electron chi connectivity index (χ1n) is 9.01. The molecule has 0 aromatic heterocycles. The highest BCUT2D eigenvalue weighted by Gasteiger charge is 2.13. The predicted molar refractivity (Wildman–Crippen MR) is 117 cm³/mol. The van der Waals surface area contributed by atoms with Gasteiger partial charge in [0.15, 0.2) is 11.5 Å². The van der Waals surface area contributed by atoms with Gasteiger partial charge < -0.3 is 14.8 Å². The van der Waals surface area contributed by atoms with Gasteiger partial charge in [-0.15, -0.1) is 0 Å². The number of hydrogen-bond donors (Lipinski definition) is 2. The largest absolute Gasteiger partial charge is 0.493 e. The Hall–Kier alpha value is -2.87. The minimum absolute atomic E-state index is 0.00920. The van der Waals surface area contributed by atoms with Crippen LogP contribution >= 0.6 is 15.9 Å². The van der Waals surface area contributed by atoms with E-state index in [1.807, 2.05) is 32.9 Å². The van der Waals surface area contributed by atoms with Crippen molar-refractivity contribution in [2.75, 3.05) is 12.4 Å². The van der Waals surface area contributed by atoms with Gasteiger partial charge in [0.05, 0.1) is 23.9 Å². The number of benzene rings is 2. The van der Waals surface area contributed by atoms with Crippen molar-refractivity contribution < 1.29 is 19.1 Å². The molecule has 29 heavy (non-hydrogen) atoms. The fourth-order valence-corrected chi connectivity index (χ4v) is 2.92. The fourth-order valence-electron chi connectivity index (χ4n) is 2.37. The normalized spacial score (nSPS) is 10.8. The van der Waals surface area contributed by atoms with Crippen molar-refractivity contribution in [3.63, 3.8) is 0 Å². The maximum absolute atomic E-state index is 11.9. The molecule has 0 atom stereocenters. The maximum Gasteiger partial charge on any atom is 0.249 e. The van der Waals surface area contributed by atoms with Crippen molar-refractivity contribution in [1.29, 1.82) is 0 Å². The number of rotatable bonds is 8. The molecule has 7 nitrogen and oxygen atoms in total. The zero-order valence-electron chi connectivity index (χ0n) is 16.8. The summed E-state index contributed by atoms with van der Waals surface area (Å²) in [6.45, 7) is 5.80. The van der Waals surface area contributed by atoms with Crippen LogP contribution in [-0.2, 0) is 9.59 Å². The standard InChI is InChI=1S/C21H24BrN3O4/c1-13(2)29-21-17(22)9-15(10-18(21)28-4)12-23-25-20(27)11-19(26)24-16-7-5-14(3)6-8-16/h5-10,12-13H,11H2,1-4H3,(H,24,26)(H,25,27). The molecular formula is C21H24BrN3O4. The number of carbonyl (C=O) groups excluding carboxylic acids is 2. The van der Waals surface area contributed by atoms with Gasteiger partial charge >= 0.3 is 0 Å². The van der Waals surface area contributed by atoms with Crippen LogP contribution in [0, 0.1) is 6.92 Å². The van der Waals surface area contributed by atoms with E-state index in [0.29, 0.717) is 27.2 Å². The Bertz CT molecular complexity index is 896. The van der Waals surface area contributed by atoms with Crippen LogP contribution in [0.5, 0.6) is 11.5 Å². The van der Waals surface area contributed by atoms with Gasteiger partial charge in [0.1, 0.15) is 6.42 Å². The molecule has 0 bridgehead atoms. The Balaban J connectivity index is 1.93. The van der Waals surface area contributed by atoms with Gasteiger partial charge in [0, 0.05) is 5.69 Å². The molecule has 0 aliphatic rings. The summed E-state index contributed by atoms with van der Waals surface area (Å²) in [5.74, 6) is 0.201. The fraction of sp³-hybridized carbons (Fsp3) is 0.286. The van der Waals surface area contributed by atoms with Gasteiger partial charge in [-0.3, -0.25) is 9.59 Å². The minimum Gasteiger partial charge on any atom is -0.493 e. The average molecular weight is 462 g/mol. The van der Waals surface area contributed by atoms with E-state index in [9.17, 15) is 9.59 Å². The first kappa shape index (κ1) is 22.4. The lowest BCUT2D eigenvalue weighted by molar-refractivity contribution is -0.126. The molecule has 0 unspecified atom stereocenters. The SMILES string of the molecule is COc1cc(C=NNC(=O)CC(=O)Nc2ccc(C)cc2)cc(Br)c1OC(C)C. The Labute approximate surface area is 178 Å². The number of anilines is 1. The van der Waals surface area contributed by atoms with E-state index in [-0.39, 0.29) is 12.5 Å². The number of nitrogens with zero attached hydrogens (tertiary/aromatic N) is 1. The molecule has 8 heteroatoms. The van der Waals surface area contributed by atoms with Crippen molar-refractivity contribution >= 4 is 39.6 Å². The molecule has 0 saturated heterocycles. The van der Waals surface area contributed by atoms with Gasteiger partial charge in [-0.25, -0.2) is 5.43 Å². The van der Waals surface area contributed by atoms with Crippen molar-refractivity contribution in [2.24, 2.45) is 5.10 Å². The molecular weight excluding hydrogens is 438 g/mol. The van der Waals surface area contributed by atoms with Crippen molar-refractivity contribution in [1.82, 2.24) is 5.43 Å². The minimum atomic E-state index is -0.517. The summed E-state index contributed by atoms with van der Waals surface area (Å²) in [7, 11) is 1.55. The summed E-state index contributed by atoms with van der Waals surface area (Å²) in [6.07, 6.45) is 1.12. The summed E-state index contributed by atoms with van der Waals surface area (Å²) in [5, 5.41) is 6.56. The van der Waals surface area contributed by atoms with Crippen LogP contribution in [0.1, 0.15) is 31.4 Å². The Morgan fingerprint density at radius 1 is 1.17 bits per heavy atom. The third-order valence-corrected chi connectivity index (χ3v) is 4.25. The van der Waals surface area contributed by atoms with E-state index in [4.69, 9.17) is 9.47 Å². The van der Waals surface area contributed by atoms with Crippen LogP contribution < -0.4 is 20.2 Å². The molecule has 0 aliphatic carbocycles. The van der Waals surface area contributed by atoms with E-state index in [1.165, 1.54) is 6.21 Å². The van der Waals surface area contributed by atoms with Crippen LogP contribution in [-0.4, -0.2) is 31.2 Å². The third kappa shape index (κ3) is 7.23. The highest BCUT2D eigenvalue weighted by atomic mass is 79.9. The van der Waals surface area contributed by atoms with E-state index >= 15 is 0 Å². The summed E-state index contributed by atoms with van der Waals surface area (Å²) in [4.78, 5) is 23.8. The topological polar surface area (TPSA) is 89.0 Å². The number of hydrazone groups is 1. The Morgan fingerprint density at radius 3 is 2.48 bits per heavy atom. The van der Waals surface area contributed by atoms with E-state index < -0.39 is 11.8 Å². The second kappa shape index (κ2) is 10.6. The average Bonchev–Trinajstić information content (AvgIpc) is 2.65. The summed E-state index contributed by atoms with van der Waals surface area (Å²) in [5.41, 5.74) is 4.75. The maximum atomic E-state index is 11.9. The molecule has 2 N–H and O–H groups in total. The monoisotopic (exact) mass is 461 g/mol. The Morgan fingerprint density at radius 2 is 1.86 bits per heavy atom. The number of nitrogens with one attached hydrogen (secondary N) is 2. The smallest absolute Gasteiger partial charge is 0.249 e. The van der Waals surface area contributed by atoms with E-state index in [0.717, 1.165) is 5.56 Å². The first-order chi connectivity index (χ1) is 13.8. The molecule has 2 rings (SSSR count).